The number of hydrogen-bond acceptors (Lipinski definition) is 2. The summed E-state index contributed by atoms with van der Waals surface area (Å²) in [4.78, 5) is 11.8. The number of nitrogens with one attached hydrogen (secondary N) is 2. The summed E-state index contributed by atoms with van der Waals surface area (Å²) in [7, 11) is 0. The Hall–Kier alpha value is -1.56. The van der Waals surface area contributed by atoms with Crippen LogP contribution in [0.5, 0.6) is 0 Å². The number of hydrogen-bond donors (Lipinski definition) is 2. The smallest absolute Gasteiger partial charge is 0.254 e. The van der Waals surface area contributed by atoms with E-state index < -0.39 is 28.9 Å². The van der Waals surface area contributed by atoms with Crippen molar-refractivity contribution in [2.75, 3.05) is 6.54 Å². The number of amides is 1. The molecule has 0 aromatic heterocycles. The molecule has 0 radical (unpaired) electrons. The lowest BCUT2D eigenvalue weighted by atomic mass is 9.99. The van der Waals surface area contributed by atoms with E-state index in [2.05, 4.69) is 17.6 Å². The van der Waals surface area contributed by atoms with Gasteiger partial charge >= 0.3 is 0 Å². The predicted octanol–water partition coefficient (Wildman–Crippen LogP) is 2.36. The van der Waals surface area contributed by atoms with E-state index in [1.807, 2.05) is 0 Å². The molecule has 2 atom stereocenters. The Morgan fingerprint density at radius 1 is 1.30 bits per heavy atom. The molecule has 1 fully saturated rings. The van der Waals surface area contributed by atoms with Gasteiger partial charge in [0.05, 0.1) is 5.56 Å². The minimum absolute atomic E-state index is 0.121. The topological polar surface area (TPSA) is 41.1 Å². The van der Waals surface area contributed by atoms with Gasteiger partial charge in [-0.05, 0) is 31.9 Å². The Balaban J connectivity index is 1.97. The lowest BCUT2D eigenvalue weighted by Gasteiger charge is -2.28. The number of carbonyl (C=O) groups excluding carboxylic acids is 1. The number of rotatable bonds is 3. The third-order valence-corrected chi connectivity index (χ3v) is 3.50. The summed E-state index contributed by atoms with van der Waals surface area (Å²) in [6, 6.07) is 2.19. The van der Waals surface area contributed by atoms with E-state index in [1.165, 1.54) is 0 Å². The molecule has 1 amide bonds. The van der Waals surface area contributed by atoms with Crippen LogP contribution in [0, 0.1) is 17.5 Å². The van der Waals surface area contributed by atoms with Gasteiger partial charge in [-0.1, -0.05) is 6.42 Å². The van der Waals surface area contributed by atoms with Crippen molar-refractivity contribution in [3.63, 3.8) is 0 Å². The molecule has 1 aromatic rings. The maximum absolute atomic E-state index is 13.4. The molecule has 0 bridgehead atoms. The van der Waals surface area contributed by atoms with Crippen LogP contribution in [0.4, 0.5) is 13.2 Å². The second-order valence-electron chi connectivity index (χ2n) is 5.13. The summed E-state index contributed by atoms with van der Waals surface area (Å²) in [5, 5.41) is 5.86. The second-order valence-corrected chi connectivity index (χ2v) is 5.13. The molecule has 1 saturated heterocycles. The SMILES string of the molecule is CC1CCCC(CNC(=O)c2ccc(F)c(F)c2F)N1. The molecule has 0 saturated carbocycles. The summed E-state index contributed by atoms with van der Waals surface area (Å²) in [6.07, 6.45) is 3.07. The molecule has 6 heteroatoms. The summed E-state index contributed by atoms with van der Waals surface area (Å²) in [5.74, 6) is -5.11. The van der Waals surface area contributed by atoms with Gasteiger partial charge in [0.15, 0.2) is 17.5 Å². The van der Waals surface area contributed by atoms with Crippen molar-refractivity contribution in [1.29, 1.82) is 0 Å². The van der Waals surface area contributed by atoms with E-state index in [0.29, 0.717) is 12.6 Å². The fraction of sp³-hybridized carbons (Fsp3) is 0.500. The molecule has 1 aromatic carbocycles. The molecule has 2 rings (SSSR count). The second kappa shape index (κ2) is 6.26. The zero-order chi connectivity index (χ0) is 14.7. The molecule has 20 heavy (non-hydrogen) atoms. The van der Waals surface area contributed by atoms with Gasteiger partial charge in [-0.25, -0.2) is 13.2 Å². The van der Waals surface area contributed by atoms with Crippen LogP contribution in [-0.2, 0) is 0 Å². The molecular formula is C14H17F3N2O. The molecule has 2 unspecified atom stereocenters. The first-order chi connectivity index (χ1) is 9.49. The van der Waals surface area contributed by atoms with Crippen molar-refractivity contribution in [2.45, 2.75) is 38.3 Å². The van der Waals surface area contributed by atoms with Gasteiger partial charge in [0.25, 0.3) is 5.91 Å². The van der Waals surface area contributed by atoms with E-state index in [4.69, 9.17) is 0 Å². The summed E-state index contributed by atoms with van der Waals surface area (Å²) in [6.45, 7) is 2.39. The largest absolute Gasteiger partial charge is 0.350 e. The van der Waals surface area contributed by atoms with Crippen molar-refractivity contribution >= 4 is 5.91 Å². The minimum atomic E-state index is -1.62. The predicted molar refractivity (Wildman–Crippen MR) is 68.9 cm³/mol. The molecule has 0 spiro atoms. The number of halogens is 3. The van der Waals surface area contributed by atoms with Crippen LogP contribution >= 0.6 is 0 Å². The Kier molecular flexibility index (Phi) is 4.65. The zero-order valence-electron chi connectivity index (χ0n) is 11.2. The minimum Gasteiger partial charge on any atom is -0.350 e. The highest BCUT2D eigenvalue weighted by atomic mass is 19.2. The first-order valence-corrected chi connectivity index (χ1v) is 6.66. The fourth-order valence-corrected chi connectivity index (χ4v) is 2.41. The van der Waals surface area contributed by atoms with Crippen molar-refractivity contribution in [3.8, 4) is 0 Å². The molecular weight excluding hydrogens is 269 g/mol. The quantitative estimate of drug-likeness (QED) is 0.838. The molecule has 0 aliphatic carbocycles. The average Bonchev–Trinajstić information content (AvgIpc) is 2.42. The molecule has 1 aliphatic heterocycles. The van der Waals surface area contributed by atoms with Crippen molar-refractivity contribution in [1.82, 2.24) is 10.6 Å². The molecule has 2 N–H and O–H groups in total. The first-order valence-electron chi connectivity index (χ1n) is 6.66. The molecule has 1 heterocycles. The van der Waals surface area contributed by atoms with Gasteiger partial charge in [-0.15, -0.1) is 0 Å². The van der Waals surface area contributed by atoms with Gasteiger partial charge in [0.2, 0.25) is 0 Å². The van der Waals surface area contributed by atoms with E-state index in [-0.39, 0.29) is 6.04 Å². The standard InChI is InChI=1S/C14H17F3N2O/c1-8-3-2-4-9(19-8)7-18-14(20)10-5-6-11(15)13(17)12(10)16/h5-6,8-9,19H,2-4,7H2,1H3,(H,18,20). The van der Waals surface area contributed by atoms with Crippen LogP contribution in [0.2, 0.25) is 0 Å². The van der Waals surface area contributed by atoms with Crippen LogP contribution in [0.3, 0.4) is 0 Å². The van der Waals surface area contributed by atoms with E-state index in [1.54, 1.807) is 0 Å². The summed E-state index contributed by atoms with van der Waals surface area (Å²) >= 11 is 0. The highest BCUT2D eigenvalue weighted by Crippen LogP contribution is 2.15. The van der Waals surface area contributed by atoms with E-state index in [9.17, 15) is 18.0 Å². The third-order valence-electron chi connectivity index (χ3n) is 3.50. The van der Waals surface area contributed by atoms with Crippen molar-refractivity contribution < 1.29 is 18.0 Å². The zero-order valence-corrected chi connectivity index (χ0v) is 11.2. The highest BCUT2D eigenvalue weighted by Gasteiger charge is 2.21. The number of carbonyl (C=O) groups is 1. The van der Waals surface area contributed by atoms with Crippen LogP contribution < -0.4 is 10.6 Å². The Bertz CT molecular complexity index is 507. The van der Waals surface area contributed by atoms with Crippen molar-refractivity contribution in [2.24, 2.45) is 0 Å². The van der Waals surface area contributed by atoms with E-state index >= 15 is 0 Å². The fourth-order valence-electron chi connectivity index (χ4n) is 2.41. The summed E-state index contributed by atoms with van der Waals surface area (Å²) < 4.78 is 39.3. The normalized spacial score (nSPS) is 22.6. The average molecular weight is 286 g/mol. The van der Waals surface area contributed by atoms with Crippen LogP contribution in [0.15, 0.2) is 12.1 Å². The van der Waals surface area contributed by atoms with Crippen LogP contribution in [0.25, 0.3) is 0 Å². The number of piperidine rings is 1. The third kappa shape index (κ3) is 3.30. The summed E-state index contributed by atoms with van der Waals surface area (Å²) in [5.41, 5.74) is -0.479. The number of benzene rings is 1. The van der Waals surface area contributed by atoms with E-state index in [0.717, 1.165) is 31.4 Å². The Morgan fingerprint density at radius 2 is 2.05 bits per heavy atom. The lowest BCUT2D eigenvalue weighted by molar-refractivity contribution is 0.0941. The maximum atomic E-state index is 13.4. The van der Waals surface area contributed by atoms with Crippen LogP contribution in [-0.4, -0.2) is 24.5 Å². The lowest BCUT2D eigenvalue weighted by Crippen LogP contribution is -2.47. The maximum Gasteiger partial charge on any atom is 0.254 e. The van der Waals surface area contributed by atoms with Gasteiger partial charge in [-0.2, -0.15) is 0 Å². The Morgan fingerprint density at radius 3 is 2.75 bits per heavy atom. The highest BCUT2D eigenvalue weighted by molar-refractivity contribution is 5.94. The first kappa shape index (κ1) is 14.8. The van der Waals surface area contributed by atoms with Gasteiger partial charge in [-0.3, -0.25) is 4.79 Å². The van der Waals surface area contributed by atoms with Gasteiger partial charge in [0, 0.05) is 18.6 Å². The van der Waals surface area contributed by atoms with Gasteiger partial charge in [0.1, 0.15) is 0 Å². The Labute approximate surface area is 115 Å². The van der Waals surface area contributed by atoms with Crippen LogP contribution in [0.1, 0.15) is 36.5 Å². The van der Waals surface area contributed by atoms with Crippen molar-refractivity contribution in [3.05, 3.63) is 35.1 Å². The molecule has 1 aliphatic rings. The van der Waals surface area contributed by atoms with Gasteiger partial charge < -0.3 is 10.6 Å². The monoisotopic (exact) mass is 286 g/mol. The molecule has 3 nitrogen and oxygen atoms in total. The molecule has 110 valence electrons.